The number of carbonyl (C=O) groups is 1. The lowest BCUT2D eigenvalue weighted by Gasteiger charge is -2.22. The molecule has 4 heteroatoms. The van der Waals surface area contributed by atoms with Gasteiger partial charge in [0.25, 0.3) is 0 Å². The van der Waals surface area contributed by atoms with Gasteiger partial charge in [-0.15, -0.1) is 0 Å². The van der Waals surface area contributed by atoms with E-state index in [4.69, 9.17) is 0 Å². The smallest absolute Gasteiger partial charge is 0.219 e. The highest BCUT2D eigenvalue weighted by molar-refractivity contribution is 8.77. The first-order valence-corrected chi connectivity index (χ1v) is 8.20. The number of rotatable bonds is 8. The van der Waals surface area contributed by atoms with Crippen molar-refractivity contribution in [3.05, 3.63) is 0 Å². The molecule has 1 amide bonds. The standard InChI is InChI=1S/C12H25NOS2/c1-10(2)7-9-15-16-12(3,4)8-6-11(14)13-5/h10H,6-9H2,1-5H3,(H,13,14). The van der Waals surface area contributed by atoms with Gasteiger partial charge in [0.05, 0.1) is 0 Å². The van der Waals surface area contributed by atoms with Crippen molar-refractivity contribution in [1.29, 1.82) is 0 Å². The van der Waals surface area contributed by atoms with Crippen molar-refractivity contribution >= 4 is 27.5 Å². The molecule has 0 aliphatic rings. The molecule has 1 N–H and O–H groups in total. The molecule has 0 radical (unpaired) electrons. The van der Waals surface area contributed by atoms with Gasteiger partial charge in [-0.1, -0.05) is 35.4 Å². The predicted octanol–water partition coefficient (Wildman–Crippen LogP) is 3.72. The minimum absolute atomic E-state index is 0.140. The Bertz CT molecular complexity index is 205. The Morgan fingerprint density at radius 2 is 2.00 bits per heavy atom. The Labute approximate surface area is 108 Å². The second kappa shape index (κ2) is 8.29. The zero-order valence-electron chi connectivity index (χ0n) is 11.1. The lowest BCUT2D eigenvalue weighted by atomic mass is 10.1. The number of carbonyl (C=O) groups excluding carboxylic acids is 1. The summed E-state index contributed by atoms with van der Waals surface area (Å²) in [6.45, 7) is 8.93. The van der Waals surface area contributed by atoms with Crippen molar-refractivity contribution in [1.82, 2.24) is 5.32 Å². The normalized spacial score (nSPS) is 11.9. The number of hydrogen-bond acceptors (Lipinski definition) is 3. The van der Waals surface area contributed by atoms with E-state index in [1.165, 1.54) is 12.2 Å². The maximum atomic E-state index is 11.2. The van der Waals surface area contributed by atoms with Crippen LogP contribution in [-0.2, 0) is 4.79 Å². The van der Waals surface area contributed by atoms with Gasteiger partial charge < -0.3 is 5.32 Å². The van der Waals surface area contributed by atoms with Crippen LogP contribution in [0.15, 0.2) is 0 Å². The van der Waals surface area contributed by atoms with E-state index in [0.717, 1.165) is 12.3 Å². The third kappa shape index (κ3) is 9.40. The summed E-state index contributed by atoms with van der Waals surface area (Å²) in [4.78, 5) is 11.2. The summed E-state index contributed by atoms with van der Waals surface area (Å²) in [7, 11) is 5.54. The summed E-state index contributed by atoms with van der Waals surface area (Å²) in [6.07, 6.45) is 2.83. The fraction of sp³-hybridized carbons (Fsp3) is 0.917. The molecule has 0 fully saturated rings. The molecule has 0 heterocycles. The first kappa shape index (κ1) is 16.2. The van der Waals surface area contributed by atoms with Gasteiger partial charge >= 0.3 is 0 Å². The van der Waals surface area contributed by atoms with Crippen LogP contribution in [0, 0.1) is 5.92 Å². The fourth-order valence-corrected chi connectivity index (χ4v) is 3.97. The van der Waals surface area contributed by atoms with Crippen LogP contribution in [0.1, 0.15) is 47.0 Å². The van der Waals surface area contributed by atoms with Gasteiger partial charge in [-0.05, 0) is 32.6 Å². The highest BCUT2D eigenvalue weighted by Gasteiger charge is 2.19. The van der Waals surface area contributed by atoms with Gasteiger partial charge in [-0.2, -0.15) is 0 Å². The van der Waals surface area contributed by atoms with Gasteiger partial charge in [0.2, 0.25) is 5.91 Å². The van der Waals surface area contributed by atoms with Crippen molar-refractivity contribution < 1.29 is 4.79 Å². The maximum absolute atomic E-state index is 11.2. The Kier molecular flexibility index (Phi) is 8.38. The van der Waals surface area contributed by atoms with Crippen LogP contribution in [-0.4, -0.2) is 23.5 Å². The van der Waals surface area contributed by atoms with E-state index >= 15 is 0 Å². The van der Waals surface area contributed by atoms with Crippen LogP contribution in [0.4, 0.5) is 0 Å². The Balaban J connectivity index is 3.65. The molecule has 0 aromatic carbocycles. The van der Waals surface area contributed by atoms with Crippen molar-refractivity contribution in [3.63, 3.8) is 0 Å². The summed E-state index contributed by atoms with van der Waals surface area (Å²) >= 11 is 0. The average Bonchev–Trinajstić information content (AvgIpc) is 2.21. The van der Waals surface area contributed by atoms with Crippen molar-refractivity contribution in [2.24, 2.45) is 5.92 Å². The molecular formula is C12H25NOS2. The third-order valence-corrected chi connectivity index (χ3v) is 5.68. The topological polar surface area (TPSA) is 29.1 Å². The fourth-order valence-electron chi connectivity index (χ4n) is 1.07. The van der Waals surface area contributed by atoms with E-state index < -0.39 is 0 Å². The Hall–Kier alpha value is 0.170. The quantitative estimate of drug-likeness (QED) is 0.534. The largest absolute Gasteiger partial charge is 0.359 e. The number of nitrogens with one attached hydrogen (secondary N) is 1. The predicted molar refractivity (Wildman–Crippen MR) is 76.9 cm³/mol. The molecule has 16 heavy (non-hydrogen) atoms. The lowest BCUT2D eigenvalue weighted by Crippen LogP contribution is -2.22. The SMILES string of the molecule is CNC(=O)CCC(C)(C)SSCCC(C)C. The molecule has 96 valence electrons. The summed E-state index contributed by atoms with van der Waals surface area (Å²) in [5, 5.41) is 2.66. The van der Waals surface area contributed by atoms with Crippen LogP contribution in [0.5, 0.6) is 0 Å². The molecule has 0 unspecified atom stereocenters. The first-order chi connectivity index (χ1) is 7.37. The first-order valence-electron chi connectivity index (χ1n) is 5.88. The molecule has 0 atom stereocenters. The van der Waals surface area contributed by atoms with Crippen LogP contribution >= 0.6 is 21.6 Å². The van der Waals surface area contributed by atoms with Gasteiger partial charge in [0.15, 0.2) is 0 Å². The van der Waals surface area contributed by atoms with Gasteiger partial charge in [0.1, 0.15) is 0 Å². The Morgan fingerprint density at radius 3 is 2.50 bits per heavy atom. The summed E-state index contributed by atoms with van der Waals surface area (Å²) in [6, 6.07) is 0. The van der Waals surface area contributed by atoms with Crippen LogP contribution in [0.3, 0.4) is 0 Å². The Morgan fingerprint density at radius 1 is 1.38 bits per heavy atom. The molecule has 0 bridgehead atoms. The molecular weight excluding hydrogens is 238 g/mol. The van der Waals surface area contributed by atoms with E-state index in [9.17, 15) is 4.79 Å². The van der Waals surface area contributed by atoms with Crippen LogP contribution < -0.4 is 5.32 Å². The molecule has 0 saturated carbocycles. The van der Waals surface area contributed by atoms with Gasteiger partial charge in [-0.25, -0.2) is 0 Å². The van der Waals surface area contributed by atoms with E-state index in [1.807, 2.05) is 21.6 Å². The van der Waals surface area contributed by atoms with Crippen LogP contribution in [0.25, 0.3) is 0 Å². The molecule has 0 aliphatic heterocycles. The van der Waals surface area contributed by atoms with E-state index in [0.29, 0.717) is 6.42 Å². The highest BCUT2D eigenvalue weighted by Crippen LogP contribution is 2.39. The molecule has 0 saturated heterocycles. The second-order valence-electron chi connectivity index (χ2n) is 5.02. The molecule has 0 spiro atoms. The monoisotopic (exact) mass is 263 g/mol. The second-order valence-corrected chi connectivity index (χ2v) is 8.14. The van der Waals surface area contributed by atoms with Crippen molar-refractivity contribution in [3.8, 4) is 0 Å². The minimum Gasteiger partial charge on any atom is -0.359 e. The molecule has 0 rings (SSSR count). The van der Waals surface area contributed by atoms with E-state index in [-0.39, 0.29) is 10.7 Å². The molecule has 0 aromatic heterocycles. The van der Waals surface area contributed by atoms with E-state index in [2.05, 4.69) is 33.0 Å². The zero-order valence-corrected chi connectivity index (χ0v) is 12.8. The summed E-state index contributed by atoms with van der Waals surface area (Å²) < 4.78 is 0.189. The lowest BCUT2D eigenvalue weighted by molar-refractivity contribution is -0.120. The summed E-state index contributed by atoms with van der Waals surface area (Å²) in [5.74, 6) is 2.12. The van der Waals surface area contributed by atoms with Crippen molar-refractivity contribution in [2.45, 2.75) is 51.7 Å². The van der Waals surface area contributed by atoms with Crippen molar-refractivity contribution in [2.75, 3.05) is 12.8 Å². The highest BCUT2D eigenvalue weighted by atomic mass is 33.1. The van der Waals surface area contributed by atoms with Crippen LogP contribution in [0.2, 0.25) is 0 Å². The maximum Gasteiger partial charge on any atom is 0.219 e. The van der Waals surface area contributed by atoms with Gasteiger partial charge in [-0.3, -0.25) is 4.79 Å². The molecule has 2 nitrogen and oxygen atoms in total. The summed E-state index contributed by atoms with van der Waals surface area (Å²) in [5.41, 5.74) is 0. The third-order valence-electron chi connectivity index (χ3n) is 2.30. The number of amides is 1. The van der Waals surface area contributed by atoms with Gasteiger partial charge in [0, 0.05) is 24.0 Å². The molecule has 0 aliphatic carbocycles. The number of hydrogen-bond donors (Lipinski definition) is 1. The van der Waals surface area contributed by atoms with E-state index in [1.54, 1.807) is 7.05 Å². The average molecular weight is 263 g/mol. The zero-order chi connectivity index (χ0) is 12.6. The minimum atomic E-state index is 0.140. The molecule has 0 aromatic rings.